The lowest BCUT2D eigenvalue weighted by Crippen LogP contribution is -2.37. The Hall–Kier alpha value is -2.38. The molecule has 0 aliphatic heterocycles. The van der Waals surface area contributed by atoms with Crippen LogP contribution in [-0.2, 0) is 21.4 Å². The van der Waals surface area contributed by atoms with Gasteiger partial charge in [0, 0.05) is 11.6 Å². The van der Waals surface area contributed by atoms with Crippen molar-refractivity contribution in [2.45, 2.75) is 25.3 Å². The lowest BCUT2D eigenvalue weighted by atomic mass is 10.1. The molecule has 0 bridgehead atoms. The Labute approximate surface area is 192 Å². The van der Waals surface area contributed by atoms with Crippen LogP contribution in [0.15, 0.2) is 71.6 Å². The van der Waals surface area contributed by atoms with Crippen molar-refractivity contribution in [3.8, 4) is 0 Å². The topological polar surface area (TPSA) is 66.5 Å². The number of rotatable bonds is 7. The smallest absolute Gasteiger partial charge is 0.243 e. The van der Waals surface area contributed by atoms with Gasteiger partial charge in [0.15, 0.2) is 0 Å². The quantitative estimate of drug-likeness (QED) is 0.493. The second kappa shape index (κ2) is 9.83. The summed E-state index contributed by atoms with van der Waals surface area (Å²) in [6, 6.07) is 18.7. The van der Waals surface area contributed by atoms with Crippen molar-refractivity contribution < 1.29 is 13.2 Å². The summed E-state index contributed by atoms with van der Waals surface area (Å²) < 4.78 is 27.8. The summed E-state index contributed by atoms with van der Waals surface area (Å²) in [5.74, 6) is -0.521. The summed E-state index contributed by atoms with van der Waals surface area (Å²) in [5.41, 5.74) is 3.05. The molecule has 0 heterocycles. The zero-order valence-electron chi connectivity index (χ0n) is 17.1. The van der Waals surface area contributed by atoms with Gasteiger partial charge in [0.25, 0.3) is 0 Å². The molecule has 3 aromatic rings. The normalized spacial score (nSPS) is 11.5. The Morgan fingerprint density at radius 1 is 0.935 bits per heavy atom. The van der Waals surface area contributed by atoms with Crippen LogP contribution in [0, 0.1) is 13.8 Å². The van der Waals surface area contributed by atoms with E-state index in [4.69, 9.17) is 23.2 Å². The first kappa shape index (κ1) is 23.3. The number of hydrogen-bond acceptors (Lipinski definition) is 3. The average molecular weight is 477 g/mol. The number of benzene rings is 3. The number of aryl methyl sites for hydroxylation is 2. The highest BCUT2D eigenvalue weighted by Gasteiger charge is 2.27. The monoisotopic (exact) mass is 476 g/mol. The molecule has 5 nitrogen and oxygen atoms in total. The van der Waals surface area contributed by atoms with Gasteiger partial charge in [-0.3, -0.25) is 4.79 Å². The van der Waals surface area contributed by atoms with Gasteiger partial charge >= 0.3 is 0 Å². The molecule has 0 spiro atoms. The number of nitrogens with one attached hydrogen (secondary N) is 1. The number of anilines is 1. The van der Waals surface area contributed by atoms with Crippen molar-refractivity contribution in [1.82, 2.24) is 4.31 Å². The van der Waals surface area contributed by atoms with E-state index in [1.807, 2.05) is 38.1 Å². The molecule has 3 aromatic carbocycles. The molecule has 1 N–H and O–H groups in total. The van der Waals surface area contributed by atoms with Crippen LogP contribution in [0.2, 0.25) is 10.0 Å². The highest BCUT2D eigenvalue weighted by atomic mass is 35.5. The predicted octanol–water partition coefficient (Wildman–Crippen LogP) is 5.44. The molecule has 0 aromatic heterocycles. The first-order valence-corrected chi connectivity index (χ1v) is 11.7. The van der Waals surface area contributed by atoms with E-state index >= 15 is 0 Å². The maximum atomic E-state index is 13.3. The summed E-state index contributed by atoms with van der Waals surface area (Å²) in [7, 11) is -3.92. The lowest BCUT2D eigenvalue weighted by molar-refractivity contribution is -0.116. The largest absolute Gasteiger partial charge is 0.324 e. The van der Waals surface area contributed by atoms with Gasteiger partial charge in [-0.15, -0.1) is 0 Å². The van der Waals surface area contributed by atoms with Crippen molar-refractivity contribution in [3.05, 3.63) is 93.5 Å². The standard InChI is InChI=1S/C23H22Cl2N2O3S/c1-16-6-9-20(10-7-16)31(29,30)27(14-18-5-3-4-17(2)12-18)15-23(28)26-22-13-19(24)8-11-21(22)25/h3-13H,14-15H2,1-2H3,(H,26,28). The minimum Gasteiger partial charge on any atom is -0.324 e. The second-order valence-corrected chi connectivity index (χ2v) is 10.0. The van der Waals surface area contributed by atoms with E-state index < -0.39 is 15.9 Å². The minimum absolute atomic E-state index is 0.0502. The van der Waals surface area contributed by atoms with Crippen molar-refractivity contribution in [2.75, 3.05) is 11.9 Å². The zero-order valence-corrected chi connectivity index (χ0v) is 19.4. The van der Waals surface area contributed by atoms with Crippen molar-refractivity contribution in [3.63, 3.8) is 0 Å². The van der Waals surface area contributed by atoms with Crippen molar-refractivity contribution in [2.24, 2.45) is 0 Å². The highest BCUT2D eigenvalue weighted by Crippen LogP contribution is 2.26. The van der Waals surface area contributed by atoms with Gasteiger partial charge in [0.1, 0.15) is 0 Å². The zero-order chi connectivity index (χ0) is 22.6. The van der Waals surface area contributed by atoms with E-state index in [1.54, 1.807) is 36.4 Å². The third kappa shape index (κ3) is 6.08. The molecule has 162 valence electrons. The van der Waals surface area contributed by atoms with Crippen molar-refractivity contribution >= 4 is 44.8 Å². The van der Waals surface area contributed by atoms with Crippen LogP contribution in [0.1, 0.15) is 16.7 Å². The molecule has 0 saturated carbocycles. The van der Waals surface area contributed by atoms with Crippen LogP contribution in [0.4, 0.5) is 5.69 Å². The number of carbonyl (C=O) groups excluding carboxylic acids is 1. The first-order valence-electron chi connectivity index (χ1n) is 9.52. The lowest BCUT2D eigenvalue weighted by Gasteiger charge is -2.22. The Balaban J connectivity index is 1.90. The fourth-order valence-electron chi connectivity index (χ4n) is 3.04. The van der Waals surface area contributed by atoms with Crippen LogP contribution < -0.4 is 5.32 Å². The fourth-order valence-corrected chi connectivity index (χ4v) is 4.76. The van der Waals surface area contributed by atoms with E-state index in [0.717, 1.165) is 21.0 Å². The molecule has 1 amide bonds. The molecule has 3 rings (SSSR count). The molecular weight excluding hydrogens is 455 g/mol. The molecule has 0 aliphatic carbocycles. The van der Waals surface area contributed by atoms with Gasteiger partial charge in [0.05, 0.1) is 22.2 Å². The third-order valence-electron chi connectivity index (χ3n) is 4.62. The van der Waals surface area contributed by atoms with E-state index in [0.29, 0.717) is 15.7 Å². The number of carbonyl (C=O) groups is 1. The third-order valence-corrected chi connectivity index (χ3v) is 6.99. The van der Waals surface area contributed by atoms with E-state index in [9.17, 15) is 13.2 Å². The average Bonchev–Trinajstić information content (AvgIpc) is 2.70. The van der Waals surface area contributed by atoms with Crippen LogP contribution in [0.5, 0.6) is 0 Å². The van der Waals surface area contributed by atoms with Crippen LogP contribution in [0.3, 0.4) is 0 Å². The maximum absolute atomic E-state index is 13.3. The first-order chi connectivity index (χ1) is 14.6. The van der Waals surface area contributed by atoms with Gasteiger partial charge in [0.2, 0.25) is 15.9 Å². The van der Waals surface area contributed by atoms with E-state index in [2.05, 4.69) is 5.32 Å². The number of amides is 1. The van der Waals surface area contributed by atoms with Gasteiger partial charge < -0.3 is 5.32 Å². The Bertz CT molecular complexity index is 1200. The van der Waals surface area contributed by atoms with Gasteiger partial charge in [-0.2, -0.15) is 4.31 Å². The van der Waals surface area contributed by atoms with E-state index in [1.165, 1.54) is 6.07 Å². The summed E-state index contributed by atoms with van der Waals surface area (Å²) in [4.78, 5) is 12.9. The van der Waals surface area contributed by atoms with Crippen LogP contribution in [0.25, 0.3) is 0 Å². The second-order valence-electron chi connectivity index (χ2n) is 7.25. The fraction of sp³-hybridized carbons (Fsp3) is 0.174. The number of halogens is 2. The Morgan fingerprint density at radius 2 is 1.65 bits per heavy atom. The molecule has 8 heteroatoms. The molecular formula is C23H22Cl2N2O3S. The Morgan fingerprint density at radius 3 is 2.32 bits per heavy atom. The summed E-state index contributed by atoms with van der Waals surface area (Å²) in [6.07, 6.45) is 0. The number of sulfonamides is 1. The maximum Gasteiger partial charge on any atom is 0.243 e. The molecule has 0 saturated heterocycles. The molecule has 0 atom stereocenters. The number of nitrogens with zero attached hydrogens (tertiary/aromatic N) is 1. The SMILES string of the molecule is Cc1ccc(S(=O)(=O)N(CC(=O)Nc2cc(Cl)ccc2Cl)Cc2cccc(C)c2)cc1. The predicted molar refractivity (Wildman–Crippen MR) is 125 cm³/mol. The minimum atomic E-state index is -3.92. The van der Waals surface area contributed by atoms with Gasteiger partial charge in [-0.1, -0.05) is 70.7 Å². The number of hydrogen-bond donors (Lipinski definition) is 1. The summed E-state index contributed by atoms with van der Waals surface area (Å²) in [5, 5.41) is 3.37. The summed E-state index contributed by atoms with van der Waals surface area (Å²) in [6.45, 7) is 3.47. The van der Waals surface area contributed by atoms with Gasteiger partial charge in [-0.25, -0.2) is 8.42 Å². The van der Waals surface area contributed by atoms with Crippen LogP contribution >= 0.6 is 23.2 Å². The van der Waals surface area contributed by atoms with E-state index in [-0.39, 0.29) is 18.0 Å². The molecule has 0 radical (unpaired) electrons. The van der Waals surface area contributed by atoms with Crippen LogP contribution in [-0.4, -0.2) is 25.2 Å². The van der Waals surface area contributed by atoms with Crippen molar-refractivity contribution in [1.29, 1.82) is 0 Å². The highest BCUT2D eigenvalue weighted by molar-refractivity contribution is 7.89. The molecule has 0 unspecified atom stereocenters. The molecule has 31 heavy (non-hydrogen) atoms. The Kier molecular flexibility index (Phi) is 7.38. The molecule has 0 fully saturated rings. The summed E-state index contributed by atoms with van der Waals surface area (Å²) >= 11 is 12.1. The van der Waals surface area contributed by atoms with Gasteiger partial charge in [-0.05, 0) is 49.7 Å². The molecule has 0 aliphatic rings.